The standard InChI is InChI=1S/C15H18N4O2S/c1-18(2)13-7-16-8-14(17-13)21-12-3-5-19(9-12)15(20)11-4-6-22-10-11/h4,6-8,10,12H,3,5,9H2,1-2H3/t12-/m0/s1. The van der Waals surface area contributed by atoms with Crippen LogP contribution in [0.1, 0.15) is 16.8 Å². The second-order valence-corrected chi connectivity index (χ2v) is 6.18. The quantitative estimate of drug-likeness (QED) is 0.862. The lowest BCUT2D eigenvalue weighted by molar-refractivity contribution is 0.0771. The second-order valence-electron chi connectivity index (χ2n) is 5.40. The van der Waals surface area contributed by atoms with Gasteiger partial charge in [0.15, 0.2) is 5.82 Å². The minimum Gasteiger partial charge on any atom is -0.471 e. The van der Waals surface area contributed by atoms with E-state index >= 15 is 0 Å². The smallest absolute Gasteiger partial charge is 0.254 e. The molecule has 116 valence electrons. The van der Waals surface area contributed by atoms with Crippen molar-refractivity contribution < 1.29 is 9.53 Å². The summed E-state index contributed by atoms with van der Waals surface area (Å²) in [5.74, 6) is 1.32. The number of rotatable bonds is 4. The summed E-state index contributed by atoms with van der Waals surface area (Å²) < 4.78 is 5.87. The van der Waals surface area contributed by atoms with E-state index in [-0.39, 0.29) is 12.0 Å². The first-order chi connectivity index (χ1) is 10.6. The van der Waals surface area contributed by atoms with E-state index in [0.717, 1.165) is 17.8 Å². The summed E-state index contributed by atoms with van der Waals surface area (Å²) in [6, 6.07) is 1.85. The molecule has 6 nitrogen and oxygen atoms in total. The van der Waals surface area contributed by atoms with E-state index in [1.807, 2.05) is 40.7 Å². The molecule has 1 saturated heterocycles. The Morgan fingerprint density at radius 2 is 2.32 bits per heavy atom. The Morgan fingerprint density at radius 1 is 1.45 bits per heavy atom. The fraction of sp³-hybridized carbons (Fsp3) is 0.400. The largest absolute Gasteiger partial charge is 0.471 e. The topological polar surface area (TPSA) is 58.6 Å². The van der Waals surface area contributed by atoms with E-state index in [1.165, 1.54) is 11.3 Å². The van der Waals surface area contributed by atoms with Gasteiger partial charge in [-0.05, 0) is 11.4 Å². The molecule has 22 heavy (non-hydrogen) atoms. The first kappa shape index (κ1) is 14.8. The molecule has 0 spiro atoms. The Bertz CT molecular complexity index is 645. The summed E-state index contributed by atoms with van der Waals surface area (Å²) in [6.45, 7) is 1.29. The molecule has 3 rings (SSSR count). The van der Waals surface area contributed by atoms with Gasteiger partial charge in [0.1, 0.15) is 6.10 Å². The Morgan fingerprint density at radius 3 is 3.05 bits per heavy atom. The lowest BCUT2D eigenvalue weighted by Crippen LogP contribution is -2.30. The van der Waals surface area contributed by atoms with Crippen LogP contribution >= 0.6 is 11.3 Å². The molecule has 0 aliphatic carbocycles. The molecule has 1 aliphatic rings. The monoisotopic (exact) mass is 318 g/mol. The summed E-state index contributed by atoms with van der Waals surface area (Å²) in [4.78, 5) is 24.5. The highest BCUT2D eigenvalue weighted by Gasteiger charge is 2.28. The van der Waals surface area contributed by atoms with Crippen molar-refractivity contribution in [3.63, 3.8) is 0 Å². The summed E-state index contributed by atoms with van der Waals surface area (Å²) in [6.07, 6.45) is 4.07. The predicted octanol–water partition coefficient (Wildman–Crippen LogP) is 1.90. The number of carbonyl (C=O) groups is 1. The van der Waals surface area contributed by atoms with E-state index in [0.29, 0.717) is 19.0 Å². The summed E-state index contributed by atoms with van der Waals surface area (Å²) in [5, 5.41) is 3.79. The van der Waals surface area contributed by atoms with E-state index in [9.17, 15) is 4.79 Å². The fourth-order valence-electron chi connectivity index (χ4n) is 2.36. The van der Waals surface area contributed by atoms with Crippen molar-refractivity contribution in [2.45, 2.75) is 12.5 Å². The van der Waals surface area contributed by atoms with Crippen molar-refractivity contribution in [1.29, 1.82) is 0 Å². The third-order valence-electron chi connectivity index (χ3n) is 3.55. The Kier molecular flexibility index (Phi) is 4.24. The number of carbonyl (C=O) groups excluding carboxylic acids is 1. The number of anilines is 1. The fourth-order valence-corrected chi connectivity index (χ4v) is 2.99. The predicted molar refractivity (Wildman–Crippen MR) is 85.6 cm³/mol. The van der Waals surface area contributed by atoms with Crippen LogP contribution in [0.3, 0.4) is 0 Å². The SMILES string of the molecule is CN(C)c1cncc(O[C@H]2CCN(C(=O)c3ccsc3)C2)n1. The van der Waals surface area contributed by atoms with Gasteiger partial charge >= 0.3 is 0 Å². The van der Waals surface area contributed by atoms with Crippen LogP contribution in [0.25, 0.3) is 0 Å². The minimum absolute atomic E-state index is 0.0331. The number of likely N-dealkylation sites (tertiary alicyclic amines) is 1. The molecule has 1 atom stereocenters. The van der Waals surface area contributed by atoms with Crippen LogP contribution in [0.5, 0.6) is 5.88 Å². The molecule has 1 aliphatic heterocycles. The number of thiophene rings is 1. The van der Waals surface area contributed by atoms with Crippen molar-refractivity contribution in [3.8, 4) is 5.88 Å². The third-order valence-corrected chi connectivity index (χ3v) is 4.23. The molecule has 7 heteroatoms. The molecular weight excluding hydrogens is 300 g/mol. The van der Waals surface area contributed by atoms with E-state index in [4.69, 9.17) is 4.74 Å². The number of ether oxygens (including phenoxy) is 1. The van der Waals surface area contributed by atoms with Crippen molar-refractivity contribution in [2.75, 3.05) is 32.1 Å². The van der Waals surface area contributed by atoms with Crippen LogP contribution < -0.4 is 9.64 Å². The van der Waals surface area contributed by atoms with E-state index in [2.05, 4.69) is 9.97 Å². The molecule has 0 N–H and O–H groups in total. The lowest BCUT2D eigenvalue weighted by atomic mass is 10.3. The van der Waals surface area contributed by atoms with Gasteiger partial charge in [-0.15, -0.1) is 0 Å². The average Bonchev–Trinajstić information content (AvgIpc) is 3.18. The van der Waals surface area contributed by atoms with Gasteiger partial charge in [0, 0.05) is 32.4 Å². The highest BCUT2D eigenvalue weighted by atomic mass is 32.1. The van der Waals surface area contributed by atoms with Crippen LogP contribution in [0.4, 0.5) is 5.82 Å². The van der Waals surface area contributed by atoms with Crippen molar-refractivity contribution in [3.05, 3.63) is 34.8 Å². The molecule has 0 saturated carbocycles. The first-order valence-corrected chi connectivity index (χ1v) is 8.05. The molecule has 0 bridgehead atoms. The van der Waals surface area contributed by atoms with Crippen LogP contribution in [0.15, 0.2) is 29.2 Å². The summed E-state index contributed by atoms with van der Waals surface area (Å²) >= 11 is 1.53. The first-order valence-electron chi connectivity index (χ1n) is 7.11. The van der Waals surface area contributed by atoms with E-state index < -0.39 is 0 Å². The zero-order valence-corrected chi connectivity index (χ0v) is 13.4. The highest BCUT2D eigenvalue weighted by Crippen LogP contribution is 2.20. The normalized spacial score (nSPS) is 17.5. The average molecular weight is 318 g/mol. The zero-order chi connectivity index (χ0) is 15.5. The number of hydrogen-bond acceptors (Lipinski definition) is 6. The van der Waals surface area contributed by atoms with Gasteiger partial charge in [-0.1, -0.05) is 0 Å². The number of aromatic nitrogens is 2. The number of nitrogens with zero attached hydrogens (tertiary/aromatic N) is 4. The van der Waals surface area contributed by atoms with Gasteiger partial charge in [-0.3, -0.25) is 9.78 Å². The Balaban J connectivity index is 1.61. The van der Waals surface area contributed by atoms with Crippen LogP contribution in [0.2, 0.25) is 0 Å². The van der Waals surface area contributed by atoms with Gasteiger partial charge in [0.25, 0.3) is 5.91 Å². The summed E-state index contributed by atoms with van der Waals surface area (Å²) in [5.41, 5.74) is 0.750. The zero-order valence-electron chi connectivity index (χ0n) is 12.6. The molecule has 0 radical (unpaired) electrons. The maximum atomic E-state index is 12.3. The molecule has 2 aromatic heterocycles. The van der Waals surface area contributed by atoms with Crippen molar-refractivity contribution >= 4 is 23.1 Å². The highest BCUT2D eigenvalue weighted by molar-refractivity contribution is 7.08. The van der Waals surface area contributed by atoms with E-state index in [1.54, 1.807) is 12.4 Å². The lowest BCUT2D eigenvalue weighted by Gasteiger charge is -2.17. The maximum absolute atomic E-state index is 12.3. The van der Waals surface area contributed by atoms with Crippen LogP contribution in [-0.2, 0) is 0 Å². The Labute approximate surface area is 133 Å². The molecule has 1 fully saturated rings. The van der Waals surface area contributed by atoms with Crippen LogP contribution in [0, 0.1) is 0 Å². The van der Waals surface area contributed by atoms with Gasteiger partial charge < -0.3 is 14.5 Å². The van der Waals surface area contributed by atoms with Gasteiger partial charge in [0.05, 0.1) is 24.5 Å². The Hall–Kier alpha value is -2.15. The minimum atomic E-state index is -0.0331. The molecule has 0 aromatic carbocycles. The summed E-state index contributed by atoms with van der Waals surface area (Å²) in [7, 11) is 3.81. The van der Waals surface area contributed by atoms with Crippen LogP contribution in [-0.4, -0.2) is 54.1 Å². The van der Waals surface area contributed by atoms with Gasteiger partial charge in [0.2, 0.25) is 5.88 Å². The van der Waals surface area contributed by atoms with Gasteiger partial charge in [-0.25, -0.2) is 0 Å². The molecule has 1 amide bonds. The molecular formula is C15H18N4O2S. The number of hydrogen-bond donors (Lipinski definition) is 0. The third kappa shape index (κ3) is 3.19. The maximum Gasteiger partial charge on any atom is 0.254 e. The molecule has 0 unspecified atom stereocenters. The van der Waals surface area contributed by atoms with Gasteiger partial charge in [-0.2, -0.15) is 16.3 Å². The second kappa shape index (κ2) is 6.31. The molecule has 3 heterocycles. The van der Waals surface area contributed by atoms with Crippen molar-refractivity contribution in [2.24, 2.45) is 0 Å². The molecule has 2 aromatic rings. The van der Waals surface area contributed by atoms with Crippen molar-refractivity contribution in [1.82, 2.24) is 14.9 Å². The number of amides is 1.